The van der Waals surface area contributed by atoms with Gasteiger partial charge in [0.15, 0.2) is 0 Å². The first-order chi connectivity index (χ1) is 8.83. The van der Waals surface area contributed by atoms with Gasteiger partial charge in [-0.25, -0.2) is 10.8 Å². The average molecular weight is 254 g/mol. The maximum atomic E-state index is 9.27. The fraction of sp³-hybridized carbons (Fsp3) is 0.923. The summed E-state index contributed by atoms with van der Waals surface area (Å²) in [5, 5.41) is 9.27. The molecule has 0 aromatic heterocycles. The van der Waals surface area contributed by atoms with E-state index in [1.165, 1.54) is 32.1 Å². The van der Waals surface area contributed by atoms with Crippen LogP contribution < -0.4 is 11.3 Å². The minimum Gasteiger partial charge on any atom is -0.396 e. The molecule has 1 heterocycles. The molecule has 5 heteroatoms. The Labute approximate surface area is 109 Å². The van der Waals surface area contributed by atoms with E-state index in [-0.39, 0.29) is 6.61 Å². The summed E-state index contributed by atoms with van der Waals surface area (Å²) in [4.78, 5) is 6.96. The molecule has 0 spiro atoms. The number of aliphatic hydroxyl groups is 1. The predicted molar refractivity (Wildman–Crippen MR) is 73.0 cm³/mol. The van der Waals surface area contributed by atoms with Crippen molar-refractivity contribution in [2.45, 2.75) is 51.0 Å². The Morgan fingerprint density at radius 3 is 2.67 bits per heavy atom. The molecule has 1 aliphatic carbocycles. The number of aliphatic hydroxyl groups excluding tert-OH is 1. The predicted octanol–water partition coefficient (Wildman–Crippen LogP) is 0.843. The van der Waals surface area contributed by atoms with Crippen molar-refractivity contribution in [1.82, 2.24) is 10.3 Å². The van der Waals surface area contributed by atoms with Gasteiger partial charge in [0.25, 0.3) is 0 Å². The molecular formula is C13H26N4O. The van der Waals surface area contributed by atoms with Crippen LogP contribution >= 0.6 is 0 Å². The van der Waals surface area contributed by atoms with Crippen LogP contribution in [-0.2, 0) is 0 Å². The van der Waals surface area contributed by atoms with Crippen LogP contribution in [0.5, 0.6) is 0 Å². The van der Waals surface area contributed by atoms with Gasteiger partial charge in [0.2, 0.25) is 5.96 Å². The number of aliphatic imine (C=N–C) groups is 1. The lowest BCUT2D eigenvalue weighted by Crippen LogP contribution is -2.50. The second kappa shape index (κ2) is 6.95. The van der Waals surface area contributed by atoms with Crippen LogP contribution in [0.3, 0.4) is 0 Å². The highest BCUT2D eigenvalue weighted by atomic mass is 16.3. The molecule has 2 rings (SSSR count). The molecule has 2 aliphatic rings. The number of hydrogen-bond donors (Lipinski definition) is 3. The molecule has 1 unspecified atom stereocenters. The SMILES string of the molecule is NNC(=NC1CCCCC1)N1CCCC(CO)C1. The van der Waals surface area contributed by atoms with Crippen molar-refractivity contribution in [2.75, 3.05) is 19.7 Å². The Morgan fingerprint density at radius 2 is 2.00 bits per heavy atom. The van der Waals surface area contributed by atoms with E-state index >= 15 is 0 Å². The molecule has 104 valence electrons. The number of hydrogen-bond acceptors (Lipinski definition) is 3. The van der Waals surface area contributed by atoms with Gasteiger partial charge in [0.1, 0.15) is 0 Å². The number of guanidine groups is 1. The van der Waals surface area contributed by atoms with E-state index in [0.29, 0.717) is 12.0 Å². The van der Waals surface area contributed by atoms with Crippen LogP contribution in [0.15, 0.2) is 4.99 Å². The summed E-state index contributed by atoms with van der Waals surface area (Å²) in [5.74, 6) is 6.81. The highest BCUT2D eigenvalue weighted by molar-refractivity contribution is 5.79. The zero-order valence-corrected chi connectivity index (χ0v) is 11.1. The van der Waals surface area contributed by atoms with E-state index in [0.717, 1.165) is 31.9 Å². The van der Waals surface area contributed by atoms with E-state index in [1.54, 1.807) is 0 Å². The first-order valence-corrected chi connectivity index (χ1v) is 7.23. The van der Waals surface area contributed by atoms with Crippen molar-refractivity contribution in [1.29, 1.82) is 0 Å². The van der Waals surface area contributed by atoms with Crippen molar-refractivity contribution in [3.63, 3.8) is 0 Å². The maximum absolute atomic E-state index is 9.27. The zero-order valence-electron chi connectivity index (χ0n) is 11.1. The third-order valence-corrected chi connectivity index (χ3v) is 4.09. The fourth-order valence-corrected chi connectivity index (χ4v) is 3.00. The van der Waals surface area contributed by atoms with Crippen molar-refractivity contribution in [2.24, 2.45) is 16.8 Å². The summed E-state index contributed by atoms with van der Waals surface area (Å²) in [6, 6.07) is 0.430. The lowest BCUT2D eigenvalue weighted by molar-refractivity contribution is 0.158. The molecule has 0 radical (unpaired) electrons. The van der Waals surface area contributed by atoms with Crippen LogP contribution in [0.1, 0.15) is 44.9 Å². The third kappa shape index (κ3) is 3.59. The highest BCUT2D eigenvalue weighted by Crippen LogP contribution is 2.21. The fourth-order valence-electron chi connectivity index (χ4n) is 3.00. The van der Waals surface area contributed by atoms with Gasteiger partial charge in [-0.2, -0.15) is 0 Å². The molecule has 1 aliphatic heterocycles. The number of rotatable bonds is 2. The average Bonchev–Trinajstić information content (AvgIpc) is 2.46. The first kappa shape index (κ1) is 13.6. The number of hydrazine groups is 1. The molecule has 0 bridgehead atoms. The topological polar surface area (TPSA) is 73.9 Å². The number of piperidine rings is 1. The van der Waals surface area contributed by atoms with Crippen molar-refractivity contribution < 1.29 is 5.11 Å². The monoisotopic (exact) mass is 254 g/mol. The lowest BCUT2D eigenvalue weighted by Gasteiger charge is -2.34. The number of nitrogens with one attached hydrogen (secondary N) is 1. The summed E-state index contributed by atoms with van der Waals surface area (Å²) in [7, 11) is 0. The molecule has 1 saturated carbocycles. The Bertz CT molecular complexity index is 276. The minimum absolute atomic E-state index is 0.262. The molecule has 0 amide bonds. The van der Waals surface area contributed by atoms with E-state index in [2.05, 4.69) is 10.3 Å². The quantitative estimate of drug-likeness (QED) is 0.295. The van der Waals surface area contributed by atoms with Crippen LogP contribution in [0.4, 0.5) is 0 Å². The summed E-state index contributed by atoms with van der Waals surface area (Å²) >= 11 is 0. The summed E-state index contributed by atoms with van der Waals surface area (Å²) in [6.45, 7) is 2.12. The maximum Gasteiger partial charge on any atom is 0.208 e. The van der Waals surface area contributed by atoms with Gasteiger partial charge in [-0.3, -0.25) is 5.43 Å². The number of likely N-dealkylation sites (tertiary alicyclic amines) is 1. The van der Waals surface area contributed by atoms with Gasteiger partial charge in [0, 0.05) is 19.7 Å². The van der Waals surface area contributed by atoms with Crippen LogP contribution in [0, 0.1) is 5.92 Å². The van der Waals surface area contributed by atoms with Crippen molar-refractivity contribution >= 4 is 5.96 Å². The molecule has 0 aromatic rings. The largest absolute Gasteiger partial charge is 0.396 e. The molecular weight excluding hydrogens is 228 g/mol. The number of nitrogens with zero attached hydrogens (tertiary/aromatic N) is 2. The molecule has 5 nitrogen and oxygen atoms in total. The molecule has 4 N–H and O–H groups in total. The Balaban J connectivity index is 1.95. The Hall–Kier alpha value is -0.810. The zero-order chi connectivity index (χ0) is 12.8. The van der Waals surface area contributed by atoms with Gasteiger partial charge < -0.3 is 10.0 Å². The lowest BCUT2D eigenvalue weighted by atomic mass is 9.96. The standard InChI is InChI=1S/C13H26N4O/c14-16-13(15-12-6-2-1-3-7-12)17-8-4-5-11(9-17)10-18/h11-12,18H,1-10,14H2,(H,15,16). The Morgan fingerprint density at radius 1 is 1.22 bits per heavy atom. The van der Waals surface area contributed by atoms with Gasteiger partial charge >= 0.3 is 0 Å². The molecule has 1 saturated heterocycles. The smallest absolute Gasteiger partial charge is 0.208 e. The van der Waals surface area contributed by atoms with Crippen LogP contribution in [-0.4, -0.2) is 41.7 Å². The van der Waals surface area contributed by atoms with Gasteiger partial charge in [0.05, 0.1) is 6.04 Å². The van der Waals surface area contributed by atoms with Crippen molar-refractivity contribution in [3.05, 3.63) is 0 Å². The van der Waals surface area contributed by atoms with Gasteiger partial charge in [-0.1, -0.05) is 19.3 Å². The van der Waals surface area contributed by atoms with Crippen molar-refractivity contribution in [3.8, 4) is 0 Å². The molecule has 1 atom stereocenters. The van der Waals surface area contributed by atoms with Gasteiger partial charge in [-0.15, -0.1) is 0 Å². The molecule has 0 aromatic carbocycles. The summed E-state index contributed by atoms with van der Waals surface area (Å²) in [6.07, 6.45) is 8.49. The summed E-state index contributed by atoms with van der Waals surface area (Å²) in [5.41, 5.74) is 2.76. The second-order valence-electron chi connectivity index (χ2n) is 5.53. The summed E-state index contributed by atoms with van der Waals surface area (Å²) < 4.78 is 0. The van der Waals surface area contributed by atoms with E-state index < -0.39 is 0 Å². The van der Waals surface area contributed by atoms with Gasteiger partial charge in [-0.05, 0) is 31.6 Å². The molecule has 18 heavy (non-hydrogen) atoms. The van der Waals surface area contributed by atoms with Crippen LogP contribution in [0.2, 0.25) is 0 Å². The highest BCUT2D eigenvalue weighted by Gasteiger charge is 2.22. The number of nitrogens with two attached hydrogens (primary N) is 1. The normalized spacial score (nSPS) is 27.3. The minimum atomic E-state index is 0.262. The second-order valence-corrected chi connectivity index (χ2v) is 5.53. The third-order valence-electron chi connectivity index (χ3n) is 4.09. The van der Waals surface area contributed by atoms with Crippen LogP contribution in [0.25, 0.3) is 0 Å². The Kier molecular flexibility index (Phi) is 5.26. The van der Waals surface area contributed by atoms with E-state index in [9.17, 15) is 5.11 Å². The molecule has 2 fully saturated rings. The van der Waals surface area contributed by atoms with E-state index in [1.807, 2.05) is 0 Å². The van der Waals surface area contributed by atoms with E-state index in [4.69, 9.17) is 10.8 Å². The first-order valence-electron chi connectivity index (χ1n) is 7.23.